The highest BCUT2D eigenvalue weighted by Crippen LogP contribution is 2.57. The second-order valence-corrected chi connectivity index (χ2v) is 7.15. The van der Waals surface area contributed by atoms with Crippen LogP contribution in [0.2, 0.25) is 0 Å². The summed E-state index contributed by atoms with van der Waals surface area (Å²) in [4.78, 5) is 20.7. The molecule has 0 aromatic carbocycles. The Balaban J connectivity index is 0.00000192. The normalized spacial score (nSPS) is 23.8. The number of rotatable bonds is 4. The summed E-state index contributed by atoms with van der Waals surface area (Å²) in [7, 11) is 0. The Labute approximate surface area is 157 Å². The van der Waals surface area contributed by atoms with Crippen LogP contribution in [0.25, 0.3) is 0 Å². The Kier molecular flexibility index (Phi) is 6.57. The summed E-state index contributed by atoms with van der Waals surface area (Å²) in [6.45, 7) is 9.09. The molecule has 3 rings (SSSR count). The number of hydrogen-bond acceptors (Lipinski definition) is 2. The molecule has 0 spiro atoms. The zero-order valence-electron chi connectivity index (χ0n) is 14.5. The lowest BCUT2D eigenvalue weighted by Gasteiger charge is -2.42. The fraction of sp³-hybridized carbons (Fsp3) is 0.882. The van der Waals surface area contributed by atoms with Crippen LogP contribution in [0.3, 0.4) is 0 Å². The lowest BCUT2D eigenvalue weighted by atomic mass is 9.65. The molecule has 0 aromatic heterocycles. The fourth-order valence-corrected chi connectivity index (χ4v) is 3.91. The molecule has 5 nitrogen and oxygen atoms in total. The van der Waals surface area contributed by atoms with Crippen molar-refractivity contribution in [3.63, 3.8) is 0 Å². The number of hydrogen-bond donors (Lipinski definition) is 1. The van der Waals surface area contributed by atoms with Gasteiger partial charge in [0.1, 0.15) is 0 Å². The van der Waals surface area contributed by atoms with Gasteiger partial charge in [0.05, 0.1) is 0 Å². The van der Waals surface area contributed by atoms with Crippen molar-refractivity contribution in [3.05, 3.63) is 0 Å². The van der Waals surface area contributed by atoms with Crippen molar-refractivity contribution in [2.24, 2.45) is 16.3 Å². The molecule has 1 saturated heterocycles. The second kappa shape index (κ2) is 8.03. The quantitative estimate of drug-likeness (QED) is 0.420. The van der Waals surface area contributed by atoms with Gasteiger partial charge < -0.3 is 15.1 Å². The molecule has 3 aliphatic rings. The van der Waals surface area contributed by atoms with Gasteiger partial charge in [0.25, 0.3) is 0 Å². The van der Waals surface area contributed by atoms with Crippen LogP contribution >= 0.6 is 24.0 Å². The number of aliphatic imine (C=N–C) groups is 1. The van der Waals surface area contributed by atoms with Crippen LogP contribution in [0, 0.1) is 11.3 Å². The molecule has 1 aliphatic heterocycles. The second-order valence-electron chi connectivity index (χ2n) is 7.15. The topological polar surface area (TPSA) is 47.9 Å². The van der Waals surface area contributed by atoms with Crippen molar-refractivity contribution in [1.29, 1.82) is 0 Å². The molecule has 0 aromatic rings. The Morgan fingerprint density at radius 1 is 1.17 bits per heavy atom. The van der Waals surface area contributed by atoms with Gasteiger partial charge in [-0.2, -0.15) is 0 Å². The third-order valence-electron chi connectivity index (χ3n) is 5.70. The van der Waals surface area contributed by atoms with Gasteiger partial charge in [0.2, 0.25) is 5.91 Å². The highest BCUT2D eigenvalue weighted by atomic mass is 127. The minimum absolute atomic E-state index is 0. The van der Waals surface area contributed by atoms with E-state index in [9.17, 15) is 4.79 Å². The van der Waals surface area contributed by atoms with E-state index in [0.29, 0.717) is 5.41 Å². The van der Waals surface area contributed by atoms with Crippen molar-refractivity contribution in [3.8, 4) is 0 Å². The van der Waals surface area contributed by atoms with E-state index < -0.39 is 0 Å². The molecular formula is C17H31IN4O. The van der Waals surface area contributed by atoms with Crippen molar-refractivity contribution in [2.45, 2.75) is 46.0 Å². The minimum Gasteiger partial charge on any atom is -0.357 e. The predicted molar refractivity (Wildman–Crippen MR) is 104 cm³/mol. The number of guanidine groups is 1. The lowest BCUT2D eigenvalue weighted by Crippen LogP contribution is -2.53. The minimum atomic E-state index is 0. The molecule has 23 heavy (non-hydrogen) atoms. The smallest absolute Gasteiger partial charge is 0.219 e. The Morgan fingerprint density at radius 3 is 2.22 bits per heavy atom. The van der Waals surface area contributed by atoms with Crippen LogP contribution < -0.4 is 5.32 Å². The van der Waals surface area contributed by atoms with Crippen molar-refractivity contribution in [1.82, 2.24) is 15.1 Å². The Hall–Kier alpha value is -0.530. The van der Waals surface area contributed by atoms with Crippen LogP contribution in [0.4, 0.5) is 0 Å². The summed E-state index contributed by atoms with van der Waals surface area (Å²) in [6.07, 6.45) is 6.98. The third kappa shape index (κ3) is 4.31. The molecule has 2 aliphatic carbocycles. The van der Waals surface area contributed by atoms with E-state index >= 15 is 0 Å². The first-order valence-corrected chi connectivity index (χ1v) is 8.93. The van der Waals surface area contributed by atoms with Gasteiger partial charge in [0.15, 0.2) is 5.96 Å². The Morgan fingerprint density at radius 2 is 1.78 bits per heavy atom. The molecule has 1 amide bonds. The standard InChI is InChI=1S/C17H30N4O.HI/c1-3-18-16(21-11-9-20(10-12-21)14(2)22)19-13-17(7-4-8-17)15-5-6-15;/h15H,3-13H2,1-2H3,(H,18,19);1H. The zero-order valence-corrected chi connectivity index (χ0v) is 16.8. The zero-order chi connectivity index (χ0) is 15.6. The van der Waals surface area contributed by atoms with E-state index in [0.717, 1.165) is 51.1 Å². The molecular weight excluding hydrogens is 403 g/mol. The van der Waals surface area contributed by atoms with Crippen LogP contribution in [-0.2, 0) is 4.79 Å². The molecule has 0 bridgehead atoms. The molecule has 132 valence electrons. The van der Waals surface area contributed by atoms with Gasteiger partial charge in [0, 0.05) is 46.2 Å². The molecule has 6 heteroatoms. The number of carbonyl (C=O) groups is 1. The van der Waals surface area contributed by atoms with E-state index in [1.54, 1.807) is 6.92 Å². The third-order valence-corrected chi connectivity index (χ3v) is 5.70. The Bertz CT molecular complexity index is 438. The summed E-state index contributed by atoms with van der Waals surface area (Å²) in [5.41, 5.74) is 0.530. The number of nitrogens with zero attached hydrogens (tertiary/aromatic N) is 3. The molecule has 0 unspecified atom stereocenters. The molecule has 3 fully saturated rings. The van der Waals surface area contributed by atoms with E-state index in [1.807, 2.05) is 4.90 Å². The highest BCUT2D eigenvalue weighted by Gasteiger charge is 2.48. The summed E-state index contributed by atoms with van der Waals surface area (Å²) in [5.74, 6) is 2.18. The first-order chi connectivity index (χ1) is 10.6. The first-order valence-electron chi connectivity index (χ1n) is 8.93. The lowest BCUT2D eigenvalue weighted by molar-refractivity contribution is -0.130. The molecule has 1 N–H and O–H groups in total. The van der Waals surface area contributed by atoms with Crippen molar-refractivity contribution >= 4 is 35.8 Å². The maximum absolute atomic E-state index is 11.4. The van der Waals surface area contributed by atoms with E-state index in [-0.39, 0.29) is 29.9 Å². The van der Waals surface area contributed by atoms with Crippen molar-refractivity contribution in [2.75, 3.05) is 39.3 Å². The van der Waals surface area contributed by atoms with E-state index in [2.05, 4.69) is 17.1 Å². The van der Waals surface area contributed by atoms with Crippen LogP contribution in [0.1, 0.15) is 46.0 Å². The molecule has 0 radical (unpaired) electrons. The average Bonchev–Trinajstić information content (AvgIpc) is 3.30. The SMILES string of the molecule is CCNC(=NCC1(C2CC2)CCC1)N1CCN(C(C)=O)CC1.I. The summed E-state index contributed by atoms with van der Waals surface area (Å²) < 4.78 is 0. The van der Waals surface area contributed by atoms with Gasteiger partial charge >= 0.3 is 0 Å². The number of halogens is 1. The average molecular weight is 434 g/mol. The fourth-order valence-electron chi connectivity index (χ4n) is 3.91. The highest BCUT2D eigenvalue weighted by molar-refractivity contribution is 14.0. The van der Waals surface area contributed by atoms with Crippen LogP contribution in [-0.4, -0.2) is 60.9 Å². The summed E-state index contributed by atoms with van der Waals surface area (Å²) in [5, 5.41) is 3.45. The largest absolute Gasteiger partial charge is 0.357 e. The van der Waals surface area contributed by atoms with E-state index in [4.69, 9.17) is 4.99 Å². The van der Waals surface area contributed by atoms with Crippen LogP contribution in [0.5, 0.6) is 0 Å². The molecule has 1 heterocycles. The number of nitrogens with one attached hydrogen (secondary N) is 1. The number of amides is 1. The van der Waals surface area contributed by atoms with Crippen molar-refractivity contribution < 1.29 is 4.79 Å². The number of carbonyl (C=O) groups excluding carboxylic acids is 1. The van der Waals surface area contributed by atoms with Gasteiger partial charge in [-0.3, -0.25) is 9.79 Å². The monoisotopic (exact) mass is 434 g/mol. The summed E-state index contributed by atoms with van der Waals surface area (Å²) in [6, 6.07) is 0. The maximum Gasteiger partial charge on any atom is 0.219 e. The predicted octanol–water partition coefficient (Wildman–Crippen LogP) is 2.31. The van der Waals surface area contributed by atoms with Gasteiger partial charge in [-0.05, 0) is 43.9 Å². The molecule has 2 saturated carbocycles. The van der Waals surface area contributed by atoms with Gasteiger partial charge in [-0.25, -0.2) is 0 Å². The summed E-state index contributed by atoms with van der Waals surface area (Å²) >= 11 is 0. The molecule has 0 atom stereocenters. The van der Waals surface area contributed by atoms with Gasteiger partial charge in [-0.15, -0.1) is 24.0 Å². The van der Waals surface area contributed by atoms with Gasteiger partial charge in [-0.1, -0.05) is 6.42 Å². The van der Waals surface area contributed by atoms with Crippen LogP contribution in [0.15, 0.2) is 4.99 Å². The number of piperazine rings is 1. The van der Waals surface area contributed by atoms with E-state index in [1.165, 1.54) is 32.1 Å². The first kappa shape index (κ1) is 18.8. The maximum atomic E-state index is 11.4.